The van der Waals surface area contributed by atoms with E-state index in [0.717, 1.165) is 11.3 Å². The summed E-state index contributed by atoms with van der Waals surface area (Å²) in [4.78, 5) is 4.05. The maximum absolute atomic E-state index is 5.60. The lowest BCUT2D eigenvalue weighted by atomic mass is 10.1. The molecular weight excluding hydrogens is 220 g/mol. The van der Waals surface area contributed by atoms with E-state index in [2.05, 4.69) is 4.98 Å². The molecule has 2 aromatic rings. The molecule has 1 aromatic heterocycles. The number of methoxy groups -OCH3 is 2. The average Bonchev–Trinajstić information content (AvgIpc) is 2.86. The van der Waals surface area contributed by atoms with Crippen LogP contribution in [0.1, 0.15) is 5.69 Å². The Hall–Kier alpha value is -2.01. The smallest absolute Gasteiger partial charge is 0.181 e. The Kier molecular flexibility index (Phi) is 3.30. The van der Waals surface area contributed by atoms with Gasteiger partial charge in [-0.3, -0.25) is 0 Å². The van der Waals surface area contributed by atoms with Gasteiger partial charge in [0.25, 0.3) is 0 Å². The summed E-state index contributed by atoms with van der Waals surface area (Å²) in [5.41, 5.74) is 7.07. The highest BCUT2D eigenvalue weighted by Crippen LogP contribution is 2.34. The van der Waals surface area contributed by atoms with Gasteiger partial charge >= 0.3 is 0 Å². The third-order valence-corrected chi connectivity index (χ3v) is 2.49. The Morgan fingerprint density at radius 1 is 1.29 bits per heavy atom. The molecule has 0 saturated carbocycles. The Labute approximate surface area is 99.2 Å². The first-order chi connectivity index (χ1) is 8.30. The molecule has 1 aromatic carbocycles. The van der Waals surface area contributed by atoms with Gasteiger partial charge in [-0.15, -0.1) is 0 Å². The number of benzene rings is 1. The van der Waals surface area contributed by atoms with Crippen molar-refractivity contribution in [1.29, 1.82) is 0 Å². The van der Waals surface area contributed by atoms with E-state index in [9.17, 15) is 0 Å². The van der Waals surface area contributed by atoms with Gasteiger partial charge in [-0.05, 0) is 18.2 Å². The lowest BCUT2D eigenvalue weighted by molar-refractivity contribution is 0.403. The Balaban J connectivity index is 2.56. The normalized spacial score (nSPS) is 10.3. The monoisotopic (exact) mass is 234 g/mol. The maximum Gasteiger partial charge on any atom is 0.181 e. The van der Waals surface area contributed by atoms with Gasteiger partial charge in [-0.2, -0.15) is 0 Å². The highest BCUT2D eigenvalue weighted by Gasteiger charge is 2.15. The van der Waals surface area contributed by atoms with Crippen LogP contribution < -0.4 is 15.2 Å². The topological polar surface area (TPSA) is 70.5 Å². The zero-order chi connectivity index (χ0) is 12.3. The van der Waals surface area contributed by atoms with Gasteiger partial charge in [-0.1, -0.05) is 0 Å². The molecule has 0 aliphatic rings. The molecule has 17 heavy (non-hydrogen) atoms. The lowest BCUT2D eigenvalue weighted by Crippen LogP contribution is -1.99. The molecule has 2 N–H and O–H groups in total. The quantitative estimate of drug-likeness (QED) is 0.873. The molecule has 0 fully saturated rings. The Bertz CT molecular complexity index is 508. The van der Waals surface area contributed by atoms with Crippen molar-refractivity contribution in [2.75, 3.05) is 14.2 Å². The Morgan fingerprint density at radius 2 is 2.12 bits per heavy atom. The summed E-state index contributed by atoms with van der Waals surface area (Å²) in [6.45, 7) is 0.312. The molecule has 0 amide bonds. The summed E-state index contributed by atoms with van der Waals surface area (Å²) in [6, 6.07) is 5.47. The molecule has 0 saturated heterocycles. The standard InChI is InChI=1S/C12H14N2O3/c1-15-8-3-4-11(16-2)9(5-8)12-10(6-13)14-7-17-12/h3-5,7H,6,13H2,1-2H3. The summed E-state index contributed by atoms with van der Waals surface area (Å²) >= 11 is 0. The molecule has 0 spiro atoms. The van der Waals surface area contributed by atoms with Crippen LogP contribution in [0.25, 0.3) is 11.3 Å². The number of nitrogens with zero attached hydrogens (tertiary/aromatic N) is 1. The van der Waals surface area contributed by atoms with Crippen molar-refractivity contribution >= 4 is 0 Å². The van der Waals surface area contributed by atoms with Gasteiger partial charge in [0.15, 0.2) is 12.2 Å². The predicted molar refractivity (Wildman–Crippen MR) is 62.9 cm³/mol. The number of hydrogen-bond donors (Lipinski definition) is 1. The van der Waals surface area contributed by atoms with Gasteiger partial charge in [0.2, 0.25) is 0 Å². The zero-order valence-corrected chi connectivity index (χ0v) is 9.77. The molecule has 2 rings (SSSR count). The summed E-state index contributed by atoms with van der Waals surface area (Å²) in [5.74, 6) is 2.03. The number of nitrogens with two attached hydrogens (primary N) is 1. The largest absolute Gasteiger partial charge is 0.497 e. The number of ether oxygens (including phenoxy) is 2. The van der Waals surface area contributed by atoms with Crippen molar-refractivity contribution in [2.24, 2.45) is 5.73 Å². The van der Waals surface area contributed by atoms with Crippen LogP contribution in [0.15, 0.2) is 29.0 Å². The molecule has 0 aliphatic heterocycles. The van der Waals surface area contributed by atoms with Crippen molar-refractivity contribution in [1.82, 2.24) is 4.98 Å². The first-order valence-electron chi connectivity index (χ1n) is 5.15. The first-order valence-corrected chi connectivity index (χ1v) is 5.15. The van der Waals surface area contributed by atoms with Crippen LogP contribution in [0, 0.1) is 0 Å². The van der Waals surface area contributed by atoms with Crippen molar-refractivity contribution < 1.29 is 13.9 Å². The van der Waals surface area contributed by atoms with Crippen LogP contribution in [0.4, 0.5) is 0 Å². The van der Waals surface area contributed by atoms with E-state index in [0.29, 0.717) is 23.7 Å². The summed E-state index contributed by atoms with van der Waals surface area (Å²) < 4.78 is 15.8. The van der Waals surface area contributed by atoms with E-state index in [4.69, 9.17) is 19.6 Å². The highest BCUT2D eigenvalue weighted by atomic mass is 16.5. The van der Waals surface area contributed by atoms with E-state index in [1.54, 1.807) is 14.2 Å². The second kappa shape index (κ2) is 4.88. The van der Waals surface area contributed by atoms with Crippen LogP contribution in [0.5, 0.6) is 11.5 Å². The molecule has 0 unspecified atom stereocenters. The van der Waals surface area contributed by atoms with Crippen LogP contribution in [0.3, 0.4) is 0 Å². The van der Waals surface area contributed by atoms with E-state index in [-0.39, 0.29) is 0 Å². The van der Waals surface area contributed by atoms with Crippen molar-refractivity contribution in [3.05, 3.63) is 30.3 Å². The summed E-state index contributed by atoms with van der Waals surface area (Å²) in [6.07, 6.45) is 1.37. The zero-order valence-electron chi connectivity index (χ0n) is 9.77. The minimum absolute atomic E-state index is 0.312. The second-order valence-electron chi connectivity index (χ2n) is 3.40. The number of hydrogen-bond acceptors (Lipinski definition) is 5. The maximum atomic E-state index is 5.60. The van der Waals surface area contributed by atoms with E-state index in [1.165, 1.54) is 6.39 Å². The second-order valence-corrected chi connectivity index (χ2v) is 3.40. The van der Waals surface area contributed by atoms with Crippen LogP contribution in [-0.4, -0.2) is 19.2 Å². The predicted octanol–water partition coefficient (Wildman–Crippen LogP) is 1.82. The SMILES string of the molecule is COc1ccc(OC)c(-c2ocnc2CN)c1. The number of oxazole rings is 1. The summed E-state index contributed by atoms with van der Waals surface area (Å²) in [7, 11) is 3.21. The fourth-order valence-corrected chi connectivity index (χ4v) is 1.63. The van der Waals surface area contributed by atoms with E-state index in [1.807, 2.05) is 18.2 Å². The minimum atomic E-state index is 0.312. The number of rotatable bonds is 4. The third-order valence-electron chi connectivity index (χ3n) is 2.49. The summed E-state index contributed by atoms with van der Waals surface area (Å²) in [5, 5.41) is 0. The van der Waals surface area contributed by atoms with Crippen LogP contribution in [-0.2, 0) is 6.54 Å². The average molecular weight is 234 g/mol. The van der Waals surface area contributed by atoms with Crippen molar-refractivity contribution in [2.45, 2.75) is 6.54 Å². The van der Waals surface area contributed by atoms with Crippen LogP contribution >= 0.6 is 0 Å². The van der Waals surface area contributed by atoms with E-state index >= 15 is 0 Å². The molecule has 1 heterocycles. The molecule has 5 nitrogen and oxygen atoms in total. The minimum Gasteiger partial charge on any atom is -0.497 e. The molecule has 5 heteroatoms. The molecular formula is C12H14N2O3. The lowest BCUT2D eigenvalue weighted by Gasteiger charge is -2.09. The van der Waals surface area contributed by atoms with Gasteiger partial charge in [-0.25, -0.2) is 4.98 Å². The van der Waals surface area contributed by atoms with E-state index < -0.39 is 0 Å². The molecule has 0 bridgehead atoms. The fourth-order valence-electron chi connectivity index (χ4n) is 1.63. The highest BCUT2D eigenvalue weighted by molar-refractivity contribution is 5.69. The molecule has 90 valence electrons. The fraction of sp³-hybridized carbons (Fsp3) is 0.250. The third kappa shape index (κ3) is 2.09. The molecule has 0 radical (unpaired) electrons. The van der Waals surface area contributed by atoms with Crippen molar-refractivity contribution in [3.63, 3.8) is 0 Å². The van der Waals surface area contributed by atoms with Gasteiger partial charge < -0.3 is 19.6 Å². The van der Waals surface area contributed by atoms with Crippen molar-refractivity contribution in [3.8, 4) is 22.8 Å². The molecule has 0 atom stereocenters. The van der Waals surface area contributed by atoms with Gasteiger partial charge in [0.1, 0.15) is 17.2 Å². The molecule has 0 aliphatic carbocycles. The van der Waals surface area contributed by atoms with Gasteiger partial charge in [0, 0.05) is 6.54 Å². The van der Waals surface area contributed by atoms with Gasteiger partial charge in [0.05, 0.1) is 19.8 Å². The number of aromatic nitrogens is 1. The Morgan fingerprint density at radius 3 is 2.76 bits per heavy atom. The van der Waals surface area contributed by atoms with Crippen LogP contribution in [0.2, 0.25) is 0 Å². The first kappa shape index (κ1) is 11.5.